The first kappa shape index (κ1) is 21.1. The van der Waals surface area contributed by atoms with Gasteiger partial charge in [0.1, 0.15) is 11.5 Å². The summed E-state index contributed by atoms with van der Waals surface area (Å²) in [7, 11) is 0. The van der Waals surface area contributed by atoms with Crippen LogP contribution in [0.1, 0.15) is 15.9 Å². The standard InChI is InChI=1S/C27H19N3O4S/c31-26(20-10-4-5-11-22(20)34-19-8-2-1-3-9-19)30(16-18-7-6-12-28-15-18)27-29-21-13-23-24(33-17-32-23)14-25(21)35-27/h1-15H,16-17H2. The van der Waals surface area contributed by atoms with Crippen molar-refractivity contribution in [1.82, 2.24) is 9.97 Å². The second-order valence-electron chi connectivity index (χ2n) is 7.83. The molecule has 1 amide bonds. The van der Waals surface area contributed by atoms with Gasteiger partial charge in [0.2, 0.25) is 6.79 Å². The van der Waals surface area contributed by atoms with E-state index in [-0.39, 0.29) is 12.7 Å². The fourth-order valence-electron chi connectivity index (χ4n) is 3.82. The number of rotatable bonds is 6. The molecule has 0 spiro atoms. The number of pyridine rings is 1. The summed E-state index contributed by atoms with van der Waals surface area (Å²) in [5.41, 5.74) is 2.07. The van der Waals surface area contributed by atoms with Crippen LogP contribution in [-0.2, 0) is 6.54 Å². The number of carbonyl (C=O) groups is 1. The van der Waals surface area contributed by atoms with Gasteiger partial charge in [0.15, 0.2) is 16.6 Å². The van der Waals surface area contributed by atoms with E-state index < -0.39 is 0 Å². The first-order valence-corrected chi connectivity index (χ1v) is 11.8. The van der Waals surface area contributed by atoms with Gasteiger partial charge in [-0.25, -0.2) is 4.98 Å². The van der Waals surface area contributed by atoms with E-state index in [0.29, 0.717) is 40.2 Å². The van der Waals surface area contributed by atoms with E-state index in [1.807, 2.05) is 66.7 Å². The van der Waals surface area contributed by atoms with Gasteiger partial charge >= 0.3 is 0 Å². The number of para-hydroxylation sites is 2. The van der Waals surface area contributed by atoms with E-state index in [4.69, 9.17) is 19.2 Å². The van der Waals surface area contributed by atoms with Crippen LogP contribution < -0.4 is 19.1 Å². The smallest absolute Gasteiger partial charge is 0.264 e. The summed E-state index contributed by atoms with van der Waals surface area (Å²) in [6.07, 6.45) is 3.45. The normalized spacial score (nSPS) is 12.0. The maximum atomic E-state index is 14.0. The number of anilines is 1. The van der Waals surface area contributed by atoms with Crippen molar-refractivity contribution in [2.45, 2.75) is 6.54 Å². The van der Waals surface area contributed by atoms with Crippen LogP contribution in [0.5, 0.6) is 23.0 Å². The number of aromatic nitrogens is 2. The number of thiazole rings is 1. The number of ether oxygens (including phenoxy) is 3. The quantitative estimate of drug-likeness (QED) is 0.294. The zero-order valence-electron chi connectivity index (χ0n) is 18.5. The minimum atomic E-state index is -0.223. The van der Waals surface area contributed by atoms with E-state index in [1.165, 1.54) is 11.3 Å². The van der Waals surface area contributed by atoms with Gasteiger partial charge in [0, 0.05) is 24.5 Å². The van der Waals surface area contributed by atoms with Crippen LogP contribution in [-0.4, -0.2) is 22.7 Å². The first-order chi connectivity index (χ1) is 17.2. The summed E-state index contributed by atoms with van der Waals surface area (Å²) in [6, 6.07) is 24.2. The first-order valence-electron chi connectivity index (χ1n) is 11.0. The Morgan fingerprint density at radius 2 is 1.77 bits per heavy atom. The molecule has 0 bridgehead atoms. The molecule has 6 rings (SSSR count). The Labute approximate surface area is 205 Å². The Balaban J connectivity index is 1.40. The van der Waals surface area contributed by atoms with E-state index in [1.54, 1.807) is 29.4 Å². The molecule has 1 aliphatic heterocycles. The second-order valence-corrected chi connectivity index (χ2v) is 8.84. The van der Waals surface area contributed by atoms with Crippen molar-refractivity contribution in [3.8, 4) is 23.0 Å². The lowest BCUT2D eigenvalue weighted by Crippen LogP contribution is -2.30. The number of fused-ring (bicyclic) bond motifs is 2. The summed E-state index contributed by atoms with van der Waals surface area (Å²) in [6.45, 7) is 0.502. The molecule has 35 heavy (non-hydrogen) atoms. The Bertz CT molecular complexity index is 1460. The van der Waals surface area contributed by atoms with Gasteiger partial charge in [-0.15, -0.1) is 0 Å². The van der Waals surface area contributed by atoms with Gasteiger partial charge in [0.25, 0.3) is 5.91 Å². The molecule has 5 aromatic rings. The highest BCUT2D eigenvalue weighted by atomic mass is 32.1. The van der Waals surface area contributed by atoms with Crippen molar-refractivity contribution in [2.75, 3.05) is 11.7 Å². The van der Waals surface area contributed by atoms with Gasteiger partial charge in [-0.2, -0.15) is 0 Å². The largest absolute Gasteiger partial charge is 0.457 e. The molecule has 0 N–H and O–H groups in total. The highest BCUT2D eigenvalue weighted by Gasteiger charge is 2.26. The summed E-state index contributed by atoms with van der Waals surface area (Å²) < 4.78 is 18.0. The Kier molecular flexibility index (Phi) is 5.48. The van der Waals surface area contributed by atoms with Crippen molar-refractivity contribution in [3.63, 3.8) is 0 Å². The molecule has 0 radical (unpaired) electrons. The van der Waals surface area contributed by atoms with E-state index >= 15 is 0 Å². The van der Waals surface area contributed by atoms with Gasteiger partial charge < -0.3 is 14.2 Å². The molecule has 0 saturated heterocycles. The van der Waals surface area contributed by atoms with Crippen LogP contribution in [0.15, 0.2) is 91.3 Å². The molecule has 172 valence electrons. The third kappa shape index (κ3) is 4.27. The molecule has 0 fully saturated rings. The van der Waals surface area contributed by atoms with Crippen LogP contribution in [0.4, 0.5) is 5.13 Å². The van der Waals surface area contributed by atoms with Crippen LogP contribution >= 0.6 is 11.3 Å². The second kappa shape index (κ2) is 9.08. The fraction of sp³-hybridized carbons (Fsp3) is 0.0741. The number of hydrogen-bond acceptors (Lipinski definition) is 7. The van der Waals surface area contributed by atoms with Crippen LogP contribution in [0, 0.1) is 0 Å². The summed E-state index contributed by atoms with van der Waals surface area (Å²) in [4.78, 5) is 24.6. The predicted molar refractivity (Wildman–Crippen MR) is 133 cm³/mol. The highest BCUT2D eigenvalue weighted by molar-refractivity contribution is 7.22. The summed E-state index contributed by atoms with van der Waals surface area (Å²) >= 11 is 1.42. The SMILES string of the molecule is O=C(c1ccccc1Oc1ccccc1)N(Cc1cccnc1)c1nc2cc3c(cc2s1)OCO3. The summed E-state index contributed by atoms with van der Waals surface area (Å²) in [5.74, 6) is 2.24. The molecule has 7 nitrogen and oxygen atoms in total. The molecule has 0 saturated carbocycles. The Morgan fingerprint density at radius 1 is 0.971 bits per heavy atom. The van der Waals surface area contributed by atoms with Crippen LogP contribution in [0.3, 0.4) is 0 Å². The number of carbonyl (C=O) groups excluding carboxylic acids is 1. The minimum absolute atomic E-state index is 0.198. The van der Waals surface area contributed by atoms with Crippen molar-refractivity contribution in [1.29, 1.82) is 0 Å². The van der Waals surface area contributed by atoms with Crippen molar-refractivity contribution >= 4 is 32.6 Å². The average molecular weight is 482 g/mol. The predicted octanol–water partition coefficient (Wildman–Crippen LogP) is 6.06. The van der Waals surface area contributed by atoms with Crippen LogP contribution in [0.2, 0.25) is 0 Å². The number of amides is 1. The van der Waals surface area contributed by atoms with Crippen molar-refractivity contribution in [2.24, 2.45) is 0 Å². The van der Waals surface area contributed by atoms with Crippen LogP contribution in [0.25, 0.3) is 10.2 Å². The van der Waals surface area contributed by atoms with Crippen molar-refractivity contribution in [3.05, 3.63) is 102 Å². The minimum Gasteiger partial charge on any atom is -0.457 e. The zero-order chi connectivity index (χ0) is 23.6. The Morgan fingerprint density at radius 3 is 2.60 bits per heavy atom. The number of hydrogen-bond donors (Lipinski definition) is 0. The maximum Gasteiger partial charge on any atom is 0.264 e. The maximum absolute atomic E-state index is 14.0. The third-order valence-electron chi connectivity index (χ3n) is 5.50. The molecular weight excluding hydrogens is 462 g/mol. The molecule has 3 heterocycles. The fourth-order valence-corrected chi connectivity index (χ4v) is 4.79. The molecule has 2 aromatic heterocycles. The lowest BCUT2D eigenvalue weighted by molar-refractivity contribution is 0.0983. The third-order valence-corrected chi connectivity index (χ3v) is 6.54. The Hall–Kier alpha value is -4.43. The molecular formula is C27H19N3O4S. The molecule has 0 aliphatic carbocycles. The van der Waals surface area contributed by atoms with Crippen molar-refractivity contribution < 1.29 is 19.0 Å². The lowest BCUT2D eigenvalue weighted by Gasteiger charge is -2.21. The number of benzene rings is 3. The lowest BCUT2D eigenvalue weighted by atomic mass is 10.1. The van der Waals surface area contributed by atoms with E-state index in [9.17, 15) is 4.79 Å². The van der Waals surface area contributed by atoms with E-state index in [2.05, 4.69) is 4.98 Å². The monoisotopic (exact) mass is 481 g/mol. The molecule has 0 unspecified atom stereocenters. The zero-order valence-corrected chi connectivity index (χ0v) is 19.3. The topological polar surface area (TPSA) is 73.8 Å². The van der Waals surface area contributed by atoms with Gasteiger partial charge in [-0.1, -0.05) is 47.7 Å². The van der Waals surface area contributed by atoms with Gasteiger partial charge in [0.05, 0.1) is 22.3 Å². The highest BCUT2D eigenvalue weighted by Crippen LogP contribution is 2.40. The van der Waals surface area contributed by atoms with Gasteiger partial charge in [-0.05, 0) is 35.9 Å². The molecule has 0 atom stereocenters. The summed E-state index contributed by atoms with van der Waals surface area (Å²) in [5, 5.41) is 0.562. The molecule has 8 heteroatoms. The average Bonchev–Trinajstić information content (AvgIpc) is 3.53. The molecule has 3 aromatic carbocycles. The molecule has 1 aliphatic rings. The van der Waals surface area contributed by atoms with E-state index in [0.717, 1.165) is 15.8 Å². The van der Waals surface area contributed by atoms with Gasteiger partial charge in [-0.3, -0.25) is 14.7 Å². The number of nitrogens with zero attached hydrogens (tertiary/aromatic N) is 3.